The lowest BCUT2D eigenvalue weighted by molar-refractivity contribution is 0.208. The molecule has 3 heterocycles. The molecule has 128 valence electrons. The van der Waals surface area contributed by atoms with Gasteiger partial charge in [0.1, 0.15) is 11.6 Å². The van der Waals surface area contributed by atoms with E-state index in [9.17, 15) is 4.79 Å². The molecule has 24 heavy (non-hydrogen) atoms. The molecule has 0 spiro atoms. The van der Waals surface area contributed by atoms with Gasteiger partial charge in [0.2, 0.25) is 0 Å². The SMILES string of the molecule is CCCn1cc(NC(=O)N2CCN(c3ccnc(C)n3)CC2)cn1. The summed E-state index contributed by atoms with van der Waals surface area (Å²) in [6, 6.07) is 1.83. The average Bonchev–Trinajstić information content (AvgIpc) is 3.02. The average molecular weight is 329 g/mol. The van der Waals surface area contributed by atoms with Crippen LogP contribution in [0.4, 0.5) is 16.3 Å². The highest BCUT2D eigenvalue weighted by Gasteiger charge is 2.22. The van der Waals surface area contributed by atoms with Gasteiger partial charge in [-0.15, -0.1) is 0 Å². The zero-order valence-electron chi connectivity index (χ0n) is 14.1. The van der Waals surface area contributed by atoms with Gasteiger partial charge in [-0.2, -0.15) is 5.10 Å². The Morgan fingerprint density at radius 1 is 1.29 bits per heavy atom. The van der Waals surface area contributed by atoms with Gasteiger partial charge in [0.25, 0.3) is 0 Å². The summed E-state index contributed by atoms with van der Waals surface area (Å²) in [5.74, 6) is 1.68. The molecule has 0 atom stereocenters. The summed E-state index contributed by atoms with van der Waals surface area (Å²) in [4.78, 5) is 24.9. The molecule has 1 aliphatic rings. The number of anilines is 2. The number of piperazine rings is 1. The van der Waals surface area contributed by atoms with Crippen molar-refractivity contribution in [1.82, 2.24) is 24.6 Å². The molecule has 2 aromatic heterocycles. The summed E-state index contributed by atoms with van der Waals surface area (Å²) in [5, 5.41) is 7.14. The smallest absolute Gasteiger partial charge is 0.322 e. The van der Waals surface area contributed by atoms with E-state index in [4.69, 9.17) is 0 Å². The van der Waals surface area contributed by atoms with Crippen LogP contribution in [0.3, 0.4) is 0 Å². The van der Waals surface area contributed by atoms with Crippen LogP contribution in [0, 0.1) is 6.92 Å². The van der Waals surface area contributed by atoms with Crippen LogP contribution in [0.25, 0.3) is 0 Å². The van der Waals surface area contributed by atoms with Gasteiger partial charge in [-0.3, -0.25) is 4.68 Å². The second kappa shape index (κ2) is 7.29. The van der Waals surface area contributed by atoms with Crippen LogP contribution < -0.4 is 10.2 Å². The molecule has 8 nitrogen and oxygen atoms in total. The molecule has 0 bridgehead atoms. The lowest BCUT2D eigenvalue weighted by atomic mass is 10.3. The van der Waals surface area contributed by atoms with E-state index in [0.29, 0.717) is 13.1 Å². The Balaban J connectivity index is 1.53. The molecular weight excluding hydrogens is 306 g/mol. The predicted molar refractivity (Wildman–Crippen MR) is 92.1 cm³/mol. The highest BCUT2D eigenvalue weighted by molar-refractivity contribution is 5.89. The lowest BCUT2D eigenvalue weighted by Crippen LogP contribution is -2.50. The Morgan fingerprint density at radius 3 is 2.79 bits per heavy atom. The van der Waals surface area contributed by atoms with Gasteiger partial charge in [-0.1, -0.05) is 6.92 Å². The van der Waals surface area contributed by atoms with Crippen molar-refractivity contribution in [1.29, 1.82) is 0 Å². The fraction of sp³-hybridized carbons (Fsp3) is 0.500. The van der Waals surface area contributed by atoms with Crippen molar-refractivity contribution in [3.8, 4) is 0 Å². The second-order valence-corrected chi connectivity index (χ2v) is 5.86. The standard InChI is InChI=1S/C16H23N7O/c1-3-6-23-12-14(11-18-23)20-16(24)22-9-7-21(8-10-22)15-4-5-17-13(2)19-15/h4-5,11-12H,3,6-10H2,1-2H3,(H,20,24). The maximum Gasteiger partial charge on any atom is 0.322 e. The van der Waals surface area contributed by atoms with E-state index >= 15 is 0 Å². The molecule has 2 aromatic rings. The molecule has 3 rings (SSSR count). The number of nitrogens with zero attached hydrogens (tertiary/aromatic N) is 6. The first-order valence-corrected chi connectivity index (χ1v) is 8.28. The van der Waals surface area contributed by atoms with Crippen LogP contribution in [0.5, 0.6) is 0 Å². The third-order valence-corrected chi connectivity index (χ3v) is 3.99. The summed E-state index contributed by atoms with van der Waals surface area (Å²) in [6.07, 6.45) is 6.33. The number of rotatable bonds is 4. The molecule has 2 amide bonds. The summed E-state index contributed by atoms with van der Waals surface area (Å²) >= 11 is 0. The van der Waals surface area contributed by atoms with Crippen molar-refractivity contribution >= 4 is 17.5 Å². The minimum absolute atomic E-state index is 0.0791. The molecule has 0 aromatic carbocycles. The van der Waals surface area contributed by atoms with E-state index in [2.05, 4.69) is 32.2 Å². The Kier molecular flexibility index (Phi) is 4.93. The number of amides is 2. The van der Waals surface area contributed by atoms with Gasteiger partial charge < -0.3 is 15.1 Å². The molecule has 1 aliphatic heterocycles. The van der Waals surface area contributed by atoms with Crippen LogP contribution in [0.1, 0.15) is 19.2 Å². The normalized spacial score (nSPS) is 14.8. The van der Waals surface area contributed by atoms with E-state index in [1.165, 1.54) is 0 Å². The fourth-order valence-corrected chi connectivity index (χ4v) is 2.74. The van der Waals surface area contributed by atoms with Crippen LogP contribution in [0.15, 0.2) is 24.7 Å². The fourth-order valence-electron chi connectivity index (χ4n) is 2.74. The number of aryl methyl sites for hydroxylation is 2. The number of nitrogens with one attached hydrogen (secondary N) is 1. The van der Waals surface area contributed by atoms with Crippen molar-refractivity contribution in [3.63, 3.8) is 0 Å². The molecule has 1 fully saturated rings. The largest absolute Gasteiger partial charge is 0.353 e. The Labute approximate surface area is 141 Å². The Bertz CT molecular complexity index is 691. The number of hydrogen-bond acceptors (Lipinski definition) is 5. The quantitative estimate of drug-likeness (QED) is 0.924. The Hall–Kier alpha value is -2.64. The van der Waals surface area contributed by atoms with Gasteiger partial charge >= 0.3 is 6.03 Å². The van der Waals surface area contributed by atoms with Crippen molar-refractivity contribution in [2.45, 2.75) is 26.8 Å². The van der Waals surface area contributed by atoms with Gasteiger partial charge in [-0.05, 0) is 19.4 Å². The Morgan fingerprint density at radius 2 is 2.08 bits per heavy atom. The maximum absolute atomic E-state index is 12.4. The first-order valence-electron chi connectivity index (χ1n) is 8.28. The minimum atomic E-state index is -0.0791. The van der Waals surface area contributed by atoms with Gasteiger partial charge in [0.15, 0.2) is 0 Å². The number of aromatic nitrogens is 4. The predicted octanol–water partition coefficient (Wildman–Crippen LogP) is 1.75. The third kappa shape index (κ3) is 3.81. The zero-order valence-corrected chi connectivity index (χ0v) is 14.1. The third-order valence-electron chi connectivity index (χ3n) is 3.99. The molecule has 0 aliphatic carbocycles. The molecular formula is C16H23N7O. The van der Waals surface area contributed by atoms with Crippen molar-refractivity contribution in [2.75, 3.05) is 36.4 Å². The molecule has 8 heteroatoms. The molecule has 1 N–H and O–H groups in total. The number of urea groups is 1. The van der Waals surface area contributed by atoms with Crippen LogP contribution >= 0.6 is 0 Å². The second-order valence-electron chi connectivity index (χ2n) is 5.86. The van der Waals surface area contributed by atoms with E-state index in [1.807, 2.05) is 28.8 Å². The van der Waals surface area contributed by atoms with E-state index in [-0.39, 0.29) is 6.03 Å². The lowest BCUT2D eigenvalue weighted by Gasteiger charge is -2.35. The molecule has 0 radical (unpaired) electrons. The molecule has 0 saturated carbocycles. The summed E-state index contributed by atoms with van der Waals surface area (Å²) in [7, 11) is 0. The number of carbonyl (C=O) groups excluding carboxylic acids is 1. The van der Waals surface area contributed by atoms with Crippen LogP contribution in [0.2, 0.25) is 0 Å². The van der Waals surface area contributed by atoms with Gasteiger partial charge in [0.05, 0.1) is 11.9 Å². The van der Waals surface area contributed by atoms with E-state index in [0.717, 1.165) is 43.4 Å². The number of hydrogen-bond donors (Lipinski definition) is 1. The van der Waals surface area contributed by atoms with Crippen molar-refractivity contribution in [2.24, 2.45) is 0 Å². The molecule has 1 saturated heterocycles. The maximum atomic E-state index is 12.4. The summed E-state index contributed by atoms with van der Waals surface area (Å²) < 4.78 is 1.84. The van der Waals surface area contributed by atoms with Gasteiger partial charge in [-0.25, -0.2) is 14.8 Å². The minimum Gasteiger partial charge on any atom is -0.353 e. The number of carbonyl (C=O) groups is 1. The van der Waals surface area contributed by atoms with Crippen molar-refractivity contribution in [3.05, 3.63) is 30.5 Å². The molecule has 0 unspecified atom stereocenters. The topological polar surface area (TPSA) is 79.2 Å². The summed E-state index contributed by atoms with van der Waals surface area (Å²) in [5.41, 5.74) is 0.738. The van der Waals surface area contributed by atoms with Gasteiger partial charge in [0, 0.05) is 45.1 Å². The van der Waals surface area contributed by atoms with Crippen LogP contribution in [-0.2, 0) is 6.54 Å². The highest BCUT2D eigenvalue weighted by atomic mass is 16.2. The first kappa shape index (κ1) is 16.2. The van der Waals surface area contributed by atoms with E-state index < -0.39 is 0 Å². The zero-order chi connectivity index (χ0) is 16.9. The van der Waals surface area contributed by atoms with E-state index in [1.54, 1.807) is 12.4 Å². The summed E-state index contributed by atoms with van der Waals surface area (Å²) in [6.45, 7) is 7.69. The highest BCUT2D eigenvalue weighted by Crippen LogP contribution is 2.14. The van der Waals surface area contributed by atoms with Crippen LogP contribution in [-0.4, -0.2) is 56.9 Å². The monoisotopic (exact) mass is 329 g/mol. The van der Waals surface area contributed by atoms with Crippen molar-refractivity contribution < 1.29 is 4.79 Å². The first-order chi connectivity index (χ1) is 11.7.